The minimum absolute atomic E-state index is 0.370. The van der Waals surface area contributed by atoms with E-state index in [9.17, 15) is 4.79 Å². The van der Waals surface area contributed by atoms with E-state index < -0.39 is 0 Å². The Morgan fingerprint density at radius 1 is 1.10 bits per heavy atom. The smallest absolute Gasteiger partial charge is 0.153 e. The number of aldehydes is 1. The van der Waals surface area contributed by atoms with E-state index in [2.05, 4.69) is 56.8 Å². The molecule has 1 aliphatic heterocycles. The van der Waals surface area contributed by atoms with Crippen LogP contribution in [-0.4, -0.2) is 62.5 Å². The molecule has 9 N–H and O–H groups in total. The molecule has 1 aromatic heterocycles. The van der Waals surface area contributed by atoms with Crippen LogP contribution in [0.4, 0.5) is 11.5 Å². The van der Waals surface area contributed by atoms with Crippen molar-refractivity contribution < 1.29 is 9.53 Å². The molecule has 1 aromatic carbocycles. The summed E-state index contributed by atoms with van der Waals surface area (Å²) < 4.78 is 6.00. The molecule has 2 aromatic rings. The van der Waals surface area contributed by atoms with Crippen molar-refractivity contribution in [1.29, 1.82) is 0 Å². The minimum Gasteiger partial charge on any atom is -0.494 e. The van der Waals surface area contributed by atoms with Crippen LogP contribution in [0, 0.1) is 11.8 Å². The van der Waals surface area contributed by atoms with Gasteiger partial charge in [0, 0.05) is 74.7 Å². The molecule has 2 aliphatic carbocycles. The zero-order chi connectivity index (χ0) is 36.8. The zero-order valence-corrected chi connectivity index (χ0v) is 30.6. The second kappa shape index (κ2) is 19.1. The highest BCUT2D eigenvalue weighted by Crippen LogP contribution is 2.37. The number of carbonyl (C=O) groups is 1. The molecule has 2 saturated carbocycles. The third kappa shape index (κ3) is 11.3. The van der Waals surface area contributed by atoms with Gasteiger partial charge in [-0.2, -0.15) is 0 Å². The Labute approximate surface area is 302 Å². The van der Waals surface area contributed by atoms with Crippen molar-refractivity contribution in [1.82, 2.24) is 20.5 Å². The van der Waals surface area contributed by atoms with Gasteiger partial charge in [0.15, 0.2) is 5.82 Å². The predicted molar refractivity (Wildman–Crippen MR) is 209 cm³/mol. The van der Waals surface area contributed by atoms with Gasteiger partial charge in [0.1, 0.15) is 12.0 Å². The molecule has 0 atom stereocenters. The van der Waals surface area contributed by atoms with Crippen LogP contribution in [0.15, 0.2) is 99.3 Å². The molecule has 12 nitrogen and oxygen atoms in total. The maximum Gasteiger partial charge on any atom is 0.153 e. The number of nitrogens with one attached hydrogen (secondary N) is 3. The first-order valence-corrected chi connectivity index (χ1v) is 17.5. The maximum atomic E-state index is 9.57. The predicted octanol–water partition coefficient (Wildman–Crippen LogP) is 5.07. The second-order valence-corrected chi connectivity index (χ2v) is 12.7. The normalized spacial score (nSPS) is 17.4. The first-order valence-electron chi connectivity index (χ1n) is 17.5. The Kier molecular flexibility index (Phi) is 14.4. The van der Waals surface area contributed by atoms with Crippen LogP contribution in [0.5, 0.6) is 5.75 Å². The van der Waals surface area contributed by atoms with Gasteiger partial charge in [-0.1, -0.05) is 37.3 Å². The van der Waals surface area contributed by atoms with Gasteiger partial charge < -0.3 is 42.7 Å². The Morgan fingerprint density at radius 2 is 1.84 bits per heavy atom. The van der Waals surface area contributed by atoms with Gasteiger partial charge in [-0.05, 0) is 62.8 Å². The number of para-hydroxylation sites is 1. The summed E-state index contributed by atoms with van der Waals surface area (Å²) in [5.41, 5.74) is 26.4. The molecule has 3 fully saturated rings. The van der Waals surface area contributed by atoms with E-state index in [1.54, 1.807) is 20.2 Å². The number of allylic oxidation sites excluding steroid dienone is 5. The van der Waals surface area contributed by atoms with Crippen molar-refractivity contribution >= 4 is 35.4 Å². The SMILES string of the molecule is CC/C=C/C(=C\N=C(C)C1CN(Cc2cccc(/N=C\N)n2)C1)c1cccc(NC(/C=C(\N)NC)=C(/N)C(NC)=C2CC2)c1OC.O=CC1CC1. The Balaban J connectivity index is 0.00000107. The molecule has 1 saturated heterocycles. The number of hydrogen-bond acceptors (Lipinski definition) is 11. The quantitative estimate of drug-likeness (QED) is 0.0601. The maximum absolute atomic E-state index is 9.57. The van der Waals surface area contributed by atoms with Gasteiger partial charge in [0.2, 0.25) is 0 Å². The van der Waals surface area contributed by atoms with E-state index >= 15 is 0 Å². The lowest BCUT2D eigenvalue weighted by atomic mass is 9.95. The number of nitrogens with zero attached hydrogens (tertiary/aromatic N) is 4. The molecule has 272 valence electrons. The number of carbonyl (C=O) groups excluding carboxylic acids is 1. The number of hydrogen-bond donors (Lipinski definition) is 6. The third-order valence-corrected chi connectivity index (χ3v) is 8.74. The zero-order valence-electron chi connectivity index (χ0n) is 30.6. The molecular weight excluding hydrogens is 640 g/mol. The number of likely N-dealkylation sites (N-methyl/N-ethyl adjacent to an activating group) is 1. The van der Waals surface area contributed by atoms with Gasteiger partial charge in [0.05, 0.1) is 47.7 Å². The largest absolute Gasteiger partial charge is 0.494 e. The molecule has 5 rings (SSSR count). The monoisotopic (exact) mass is 694 g/mol. The summed E-state index contributed by atoms with van der Waals surface area (Å²) in [6, 6.07) is 11.8. The average molecular weight is 695 g/mol. The van der Waals surface area contributed by atoms with Gasteiger partial charge in [-0.15, -0.1) is 0 Å². The van der Waals surface area contributed by atoms with Crippen LogP contribution in [0.1, 0.15) is 57.2 Å². The topological polar surface area (TPSA) is 181 Å². The van der Waals surface area contributed by atoms with E-state index in [4.69, 9.17) is 26.9 Å². The lowest BCUT2D eigenvalue weighted by Crippen LogP contribution is -2.49. The van der Waals surface area contributed by atoms with Gasteiger partial charge in [0.25, 0.3) is 0 Å². The number of methoxy groups -OCH3 is 1. The van der Waals surface area contributed by atoms with E-state index in [1.165, 1.54) is 11.9 Å². The summed E-state index contributed by atoms with van der Waals surface area (Å²) in [7, 11) is 5.33. The molecule has 0 amide bonds. The van der Waals surface area contributed by atoms with Crippen LogP contribution >= 0.6 is 0 Å². The van der Waals surface area contributed by atoms with Gasteiger partial charge in [-0.25, -0.2) is 9.98 Å². The highest BCUT2D eigenvalue weighted by Gasteiger charge is 2.29. The standard InChI is InChI=1S/C35H48N10O.C4H6O/c1-6-7-10-25(18-41-23(2)26-19-45(20-26)21-27-11-8-14-32(43-27)42-22-36)28-12-9-13-29(35(28)46-5)44-30(17-31(37)39-3)33(38)34(40-4)24-15-16-24;5-3-4-1-2-4/h7-14,17-18,22,26,39-40,44H,6,15-16,19-21,37-38H2,1-5H3,(H2,36,42,43);3-4H,1-2H2/b10-7+,25-18+,31-17+,33-30+,41-23?;. The number of nitrogens with two attached hydrogens (primary N) is 3. The van der Waals surface area contributed by atoms with Crippen LogP contribution in [0.2, 0.25) is 0 Å². The summed E-state index contributed by atoms with van der Waals surface area (Å²) in [5, 5.41) is 9.73. The second-order valence-electron chi connectivity index (χ2n) is 12.7. The molecule has 3 aliphatic rings. The summed E-state index contributed by atoms with van der Waals surface area (Å²) >= 11 is 0. The first-order chi connectivity index (χ1) is 24.7. The number of aromatic nitrogens is 1. The van der Waals surface area contributed by atoms with Crippen molar-refractivity contribution in [3.63, 3.8) is 0 Å². The van der Waals surface area contributed by atoms with Crippen LogP contribution in [0.25, 0.3) is 5.57 Å². The summed E-state index contributed by atoms with van der Waals surface area (Å²) in [6.07, 6.45) is 15.5. The number of ether oxygens (including phenoxy) is 1. The third-order valence-electron chi connectivity index (χ3n) is 8.74. The van der Waals surface area contributed by atoms with Crippen molar-refractivity contribution in [3.05, 3.63) is 101 Å². The Bertz CT molecular complexity index is 1720. The average Bonchev–Trinajstić information content (AvgIpc) is 4.06. The fourth-order valence-corrected chi connectivity index (χ4v) is 5.44. The van der Waals surface area contributed by atoms with Crippen molar-refractivity contribution in [2.75, 3.05) is 39.6 Å². The van der Waals surface area contributed by atoms with Crippen molar-refractivity contribution in [2.45, 2.75) is 52.5 Å². The fraction of sp³-hybridized carbons (Fsp3) is 0.385. The molecule has 0 bridgehead atoms. The molecule has 0 spiro atoms. The number of likely N-dealkylation sites (tertiary alicyclic amines) is 1. The Hall–Kier alpha value is -5.36. The number of pyridine rings is 1. The van der Waals surface area contributed by atoms with Gasteiger partial charge >= 0.3 is 0 Å². The van der Waals surface area contributed by atoms with Crippen LogP contribution < -0.4 is 37.9 Å². The first kappa shape index (κ1) is 38.4. The molecule has 12 heteroatoms. The highest BCUT2D eigenvalue weighted by molar-refractivity contribution is 5.88. The van der Waals surface area contributed by atoms with Crippen LogP contribution in [0.3, 0.4) is 0 Å². The molecule has 0 radical (unpaired) electrons. The number of aliphatic imine (C=N–C) groups is 2. The molecule has 2 heterocycles. The van der Waals surface area contributed by atoms with Crippen molar-refractivity contribution in [2.24, 2.45) is 39.0 Å². The molecule has 51 heavy (non-hydrogen) atoms. The van der Waals surface area contributed by atoms with E-state index in [-0.39, 0.29) is 0 Å². The van der Waals surface area contributed by atoms with E-state index in [1.807, 2.05) is 49.6 Å². The molecule has 0 unspecified atom stereocenters. The Morgan fingerprint density at radius 3 is 2.43 bits per heavy atom. The minimum atomic E-state index is 0.370. The fourth-order valence-electron chi connectivity index (χ4n) is 5.44. The number of anilines is 1. The number of rotatable bonds is 16. The lowest BCUT2D eigenvalue weighted by molar-refractivity contribution is -0.108. The molecular formula is C39H54N10O2. The highest BCUT2D eigenvalue weighted by atomic mass is 16.5. The number of benzene rings is 1. The van der Waals surface area contributed by atoms with Gasteiger partial charge in [-0.3, -0.25) is 9.89 Å². The van der Waals surface area contributed by atoms with E-state index in [0.29, 0.717) is 40.6 Å². The summed E-state index contributed by atoms with van der Waals surface area (Å²) in [4.78, 5) is 25.5. The van der Waals surface area contributed by atoms with E-state index in [0.717, 1.165) is 92.0 Å². The lowest BCUT2D eigenvalue weighted by Gasteiger charge is -2.39. The van der Waals surface area contributed by atoms with Crippen molar-refractivity contribution in [3.8, 4) is 5.75 Å². The van der Waals surface area contributed by atoms with Crippen LogP contribution in [-0.2, 0) is 11.3 Å². The summed E-state index contributed by atoms with van der Waals surface area (Å²) in [6.45, 7) is 6.80. The summed E-state index contributed by atoms with van der Waals surface area (Å²) in [5.74, 6) is 2.60.